The van der Waals surface area contributed by atoms with Crippen molar-refractivity contribution in [3.8, 4) is 11.1 Å². The number of nitrogens with one attached hydrogen (secondary N) is 3. The Bertz CT molecular complexity index is 1720. The molecule has 9 nitrogen and oxygen atoms in total. The summed E-state index contributed by atoms with van der Waals surface area (Å²) in [4.78, 5) is 25.3. The number of pyridine rings is 2. The molecule has 0 bridgehead atoms. The SMILES string of the molecule is C[C@@H](NC(=O)c1cnn2ccc(-c3c[nH]c4nc(Nc5cccc(N6CCN(C)CC6)c5)ccc34)cc12)C(F)(F)F. The van der Waals surface area contributed by atoms with E-state index in [1.54, 1.807) is 12.3 Å². The molecule has 1 aromatic carbocycles. The number of fused-ring (bicyclic) bond motifs is 2. The van der Waals surface area contributed by atoms with Crippen molar-refractivity contribution in [3.05, 3.63) is 72.7 Å². The zero-order valence-electron chi connectivity index (χ0n) is 22.5. The van der Waals surface area contributed by atoms with Crippen molar-refractivity contribution >= 4 is 39.6 Å². The Hall–Kier alpha value is -4.58. The van der Waals surface area contributed by atoms with Crippen LogP contribution in [-0.4, -0.2) is 75.8 Å². The summed E-state index contributed by atoms with van der Waals surface area (Å²) in [6.07, 6.45) is 0.222. The van der Waals surface area contributed by atoms with Crippen molar-refractivity contribution < 1.29 is 18.0 Å². The minimum absolute atomic E-state index is 0.0613. The van der Waals surface area contributed by atoms with E-state index in [4.69, 9.17) is 4.98 Å². The summed E-state index contributed by atoms with van der Waals surface area (Å²) in [7, 11) is 2.14. The Balaban J connectivity index is 1.23. The van der Waals surface area contributed by atoms with Crippen LogP contribution in [-0.2, 0) is 0 Å². The van der Waals surface area contributed by atoms with E-state index in [9.17, 15) is 18.0 Å². The van der Waals surface area contributed by atoms with Crippen molar-refractivity contribution in [1.29, 1.82) is 0 Å². The monoisotopic (exact) mass is 562 g/mol. The first kappa shape index (κ1) is 26.6. The van der Waals surface area contributed by atoms with Crippen molar-refractivity contribution in [1.82, 2.24) is 29.8 Å². The lowest BCUT2D eigenvalue weighted by atomic mass is 10.1. The molecule has 1 atom stereocenters. The van der Waals surface area contributed by atoms with Gasteiger partial charge in [-0.25, -0.2) is 9.50 Å². The van der Waals surface area contributed by atoms with Crippen LogP contribution in [0.2, 0.25) is 0 Å². The summed E-state index contributed by atoms with van der Waals surface area (Å²) in [6.45, 7) is 4.94. The molecule has 1 amide bonds. The van der Waals surface area contributed by atoms with E-state index in [-0.39, 0.29) is 5.56 Å². The molecule has 0 spiro atoms. The number of piperazine rings is 1. The number of carbonyl (C=O) groups is 1. The standard InChI is InChI=1S/C29H29F3N8O/c1-18(29(30,31)32)35-28(41)24-17-34-40-9-8-19(14-25(24)40)23-16-33-27-22(23)6-7-26(37-27)36-20-4-3-5-21(15-20)39-12-10-38(2)11-13-39/h3-9,14-18H,10-13H2,1-2H3,(H,35,41)(H2,33,36,37)/t18-/m1/s1. The lowest BCUT2D eigenvalue weighted by Crippen LogP contribution is -2.44. The van der Waals surface area contributed by atoms with Crippen LogP contribution in [0, 0.1) is 0 Å². The second-order valence-corrected chi connectivity index (χ2v) is 10.3. The Morgan fingerprint density at radius 2 is 1.88 bits per heavy atom. The van der Waals surface area contributed by atoms with E-state index in [0.29, 0.717) is 17.0 Å². The van der Waals surface area contributed by atoms with E-state index in [0.717, 1.165) is 55.3 Å². The number of carbonyl (C=O) groups excluding carboxylic acids is 1. The number of nitrogens with zero attached hydrogens (tertiary/aromatic N) is 5. The van der Waals surface area contributed by atoms with Gasteiger partial charge in [0.15, 0.2) is 0 Å². The first-order valence-electron chi connectivity index (χ1n) is 13.3. The van der Waals surface area contributed by atoms with Gasteiger partial charge < -0.3 is 25.4 Å². The Labute approximate surface area is 234 Å². The molecule has 5 aromatic rings. The molecule has 6 rings (SSSR count). The third-order valence-electron chi connectivity index (χ3n) is 7.44. The summed E-state index contributed by atoms with van der Waals surface area (Å²) in [6, 6.07) is 13.7. The van der Waals surface area contributed by atoms with Gasteiger partial charge in [0, 0.05) is 60.9 Å². The highest BCUT2D eigenvalue weighted by Crippen LogP contribution is 2.31. The van der Waals surface area contributed by atoms with Gasteiger partial charge in [-0.05, 0) is 62.0 Å². The van der Waals surface area contributed by atoms with Gasteiger partial charge in [0.25, 0.3) is 5.91 Å². The van der Waals surface area contributed by atoms with Crippen LogP contribution >= 0.6 is 0 Å². The highest BCUT2D eigenvalue weighted by atomic mass is 19.4. The molecule has 41 heavy (non-hydrogen) atoms. The van der Waals surface area contributed by atoms with E-state index in [2.05, 4.69) is 44.4 Å². The van der Waals surface area contributed by atoms with Crippen molar-refractivity contribution in [3.63, 3.8) is 0 Å². The Morgan fingerprint density at radius 1 is 1.07 bits per heavy atom. The summed E-state index contributed by atoms with van der Waals surface area (Å²) in [5, 5.41) is 10.4. The van der Waals surface area contributed by atoms with Crippen LogP contribution in [0.15, 0.2) is 67.1 Å². The third-order valence-corrected chi connectivity index (χ3v) is 7.44. The summed E-state index contributed by atoms with van der Waals surface area (Å²) in [5.74, 6) is -0.152. The molecular formula is C29H29F3N8O. The molecule has 1 aliphatic rings. The second-order valence-electron chi connectivity index (χ2n) is 10.3. The number of alkyl halides is 3. The van der Waals surface area contributed by atoms with Crippen molar-refractivity contribution in [2.45, 2.75) is 19.1 Å². The topological polar surface area (TPSA) is 93.6 Å². The zero-order chi connectivity index (χ0) is 28.7. The number of rotatable bonds is 6. The maximum Gasteiger partial charge on any atom is 0.408 e. The smallest absolute Gasteiger partial charge is 0.369 e. The molecule has 0 aliphatic carbocycles. The van der Waals surface area contributed by atoms with Gasteiger partial charge in [-0.3, -0.25) is 4.79 Å². The predicted octanol–water partition coefficient (Wildman–Crippen LogP) is 5.05. The maximum atomic E-state index is 13.0. The lowest BCUT2D eigenvalue weighted by molar-refractivity contribution is -0.149. The highest BCUT2D eigenvalue weighted by Gasteiger charge is 2.37. The quantitative estimate of drug-likeness (QED) is 0.268. The number of likely N-dealkylation sites (N-methyl/N-ethyl adjacent to an activating group) is 1. The zero-order valence-corrected chi connectivity index (χ0v) is 22.5. The van der Waals surface area contributed by atoms with Crippen LogP contribution in [0.5, 0.6) is 0 Å². The van der Waals surface area contributed by atoms with E-state index < -0.39 is 18.1 Å². The molecule has 1 aliphatic heterocycles. The first-order valence-corrected chi connectivity index (χ1v) is 13.3. The van der Waals surface area contributed by atoms with Gasteiger partial charge in [0.2, 0.25) is 0 Å². The minimum Gasteiger partial charge on any atom is -0.369 e. The van der Waals surface area contributed by atoms with Gasteiger partial charge in [0.05, 0.1) is 17.3 Å². The highest BCUT2D eigenvalue weighted by molar-refractivity contribution is 6.02. The normalized spacial score (nSPS) is 15.4. The minimum atomic E-state index is -4.54. The van der Waals surface area contributed by atoms with Crippen molar-refractivity contribution in [2.24, 2.45) is 0 Å². The Kier molecular flexibility index (Phi) is 6.78. The van der Waals surface area contributed by atoms with Gasteiger partial charge in [-0.15, -0.1) is 0 Å². The number of benzene rings is 1. The predicted molar refractivity (Wildman–Crippen MR) is 153 cm³/mol. The Morgan fingerprint density at radius 3 is 2.66 bits per heavy atom. The molecule has 212 valence electrons. The summed E-state index contributed by atoms with van der Waals surface area (Å²) < 4.78 is 40.4. The first-order chi connectivity index (χ1) is 19.7. The number of anilines is 3. The maximum absolute atomic E-state index is 13.0. The van der Waals surface area contributed by atoms with E-state index >= 15 is 0 Å². The van der Waals surface area contributed by atoms with Gasteiger partial charge >= 0.3 is 6.18 Å². The largest absolute Gasteiger partial charge is 0.408 e. The van der Waals surface area contributed by atoms with E-state index in [1.165, 1.54) is 16.4 Å². The van der Waals surface area contributed by atoms with Gasteiger partial charge in [0.1, 0.15) is 17.5 Å². The third kappa shape index (κ3) is 5.42. The van der Waals surface area contributed by atoms with Gasteiger partial charge in [-0.1, -0.05) is 6.07 Å². The average molecular weight is 563 g/mol. The molecule has 0 saturated carbocycles. The number of halogens is 3. The van der Waals surface area contributed by atoms with Crippen LogP contribution in [0.1, 0.15) is 17.3 Å². The van der Waals surface area contributed by atoms with Crippen molar-refractivity contribution in [2.75, 3.05) is 43.4 Å². The molecule has 12 heteroatoms. The average Bonchev–Trinajstić information content (AvgIpc) is 3.57. The second kappa shape index (κ2) is 10.4. The molecule has 4 aromatic heterocycles. The number of aromatic nitrogens is 4. The fourth-order valence-electron chi connectivity index (χ4n) is 4.99. The summed E-state index contributed by atoms with van der Waals surface area (Å²) in [5.41, 5.74) is 4.85. The van der Waals surface area contributed by atoms with Crippen LogP contribution in [0.3, 0.4) is 0 Å². The fourth-order valence-corrected chi connectivity index (χ4v) is 4.99. The molecule has 1 fully saturated rings. The molecule has 0 unspecified atom stereocenters. The summed E-state index contributed by atoms with van der Waals surface area (Å²) >= 11 is 0. The number of hydrogen-bond acceptors (Lipinski definition) is 6. The lowest BCUT2D eigenvalue weighted by Gasteiger charge is -2.34. The number of hydrogen-bond donors (Lipinski definition) is 3. The molecule has 5 heterocycles. The molecule has 0 radical (unpaired) electrons. The molecule has 3 N–H and O–H groups in total. The van der Waals surface area contributed by atoms with Gasteiger partial charge in [-0.2, -0.15) is 18.3 Å². The van der Waals surface area contributed by atoms with Crippen LogP contribution in [0.25, 0.3) is 27.7 Å². The van der Waals surface area contributed by atoms with Crippen LogP contribution in [0.4, 0.5) is 30.4 Å². The number of amides is 1. The fraction of sp³-hybridized carbons (Fsp3) is 0.276. The number of H-pyrrole nitrogens is 1. The number of aromatic amines is 1. The molecular weight excluding hydrogens is 533 g/mol. The van der Waals surface area contributed by atoms with E-state index in [1.807, 2.05) is 41.8 Å². The van der Waals surface area contributed by atoms with Crippen LogP contribution < -0.4 is 15.5 Å². The molecule has 1 saturated heterocycles.